The summed E-state index contributed by atoms with van der Waals surface area (Å²) < 4.78 is 18.0. The van der Waals surface area contributed by atoms with E-state index in [2.05, 4.69) is 44.5 Å². The van der Waals surface area contributed by atoms with Crippen LogP contribution in [-0.2, 0) is 16.2 Å². The van der Waals surface area contributed by atoms with Crippen LogP contribution in [0.25, 0.3) is 0 Å². The summed E-state index contributed by atoms with van der Waals surface area (Å²) >= 11 is 14.2. The summed E-state index contributed by atoms with van der Waals surface area (Å²) in [6, 6.07) is 16.8. The van der Waals surface area contributed by atoms with Gasteiger partial charge in [-0.2, -0.15) is 10.4 Å². The number of nitrogens with zero attached hydrogens (tertiary/aromatic N) is 2. The lowest BCUT2D eigenvalue weighted by molar-refractivity contribution is -0.132. The number of carbonyl (C=O) groups is 2. The van der Waals surface area contributed by atoms with Crippen molar-refractivity contribution in [2.45, 2.75) is 45.9 Å². The molecule has 226 valence electrons. The topological polar surface area (TPSA) is 122 Å². The van der Waals surface area contributed by atoms with Crippen LogP contribution in [0.15, 0.2) is 59.7 Å². The second-order valence-electron chi connectivity index (χ2n) is 9.85. The van der Waals surface area contributed by atoms with E-state index in [4.69, 9.17) is 37.4 Å². The minimum absolute atomic E-state index is 0.112. The van der Waals surface area contributed by atoms with Gasteiger partial charge in [0.05, 0.1) is 33.5 Å². The minimum atomic E-state index is -0.923. The van der Waals surface area contributed by atoms with Crippen LogP contribution in [0.2, 0.25) is 10.0 Å². The minimum Gasteiger partial charge on any atom is -0.493 e. The maximum absolute atomic E-state index is 13.0. The quantitative estimate of drug-likeness (QED) is 0.117. The van der Waals surface area contributed by atoms with Crippen molar-refractivity contribution in [2.75, 3.05) is 7.11 Å². The molecule has 0 aliphatic carbocycles. The number of methoxy groups -OCH3 is 1. The zero-order valence-electron chi connectivity index (χ0n) is 24.0. The van der Waals surface area contributed by atoms with Crippen LogP contribution in [0.5, 0.6) is 17.2 Å². The lowest BCUT2D eigenvalue weighted by Gasteiger charge is -2.22. The van der Waals surface area contributed by atoms with E-state index in [1.807, 2.05) is 32.0 Å². The number of carbonyl (C=O) groups excluding carboxylic acids is 2. The first-order valence-corrected chi connectivity index (χ1v) is 15.1. The second-order valence-corrected chi connectivity index (χ2v) is 11.9. The van der Waals surface area contributed by atoms with Crippen molar-refractivity contribution in [2.24, 2.45) is 11.0 Å². The third kappa shape index (κ3) is 10.0. The molecule has 0 bridgehead atoms. The highest BCUT2D eigenvalue weighted by Gasteiger charge is 2.25. The molecule has 0 fully saturated rings. The Balaban J connectivity index is 1.65. The van der Waals surface area contributed by atoms with E-state index in [1.165, 1.54) is 19.4 Å². The summed E-state index contributed by atoms with van der Waals surface area (Å²) in [6.45, 7) is 5.64. The fourth-order valence-electron chi connectivity index (χ4n) is 3.91. The zero-order chi connectivity index (χ0) is 31.5. The highest BCUT2D eigenvalue weighted by molar-refractivity contribution is 14.1. The molecular weight excluding hydrogens is 706 g/mol. The number of halogens is 3. The maximum Gasteiger partial charge on any atom is 0.262 e. The van der Waals surface area contributed by atoms with Crippen LogP contribution < -0.4 is 25.0 Å². The molecule has 3 aromatic carbocycles. The van der Waals surface area contributed by atoms with E-state index in [1.54, 1.807) is 37.3 Å². The second kappa shape index (κ2) is 16.4. The number of hydrogen-bond acceptors (Lipinski definition) is 7. The third-order valence-corrected chi connectivity index (χ3v) is 7.39. The Morgan fingerprint density at radius 2 is 1.81 bits per heavy atom. The summed E-state index contributed by atoms with van der Waals surface area (Å²) in [6.07, 6.45) is 0.932. The van der Waals surface area contributed by atoms with Gasteiger partial charge in [-0.05, 0) is 83.8 Å². The summed E-state index contributed by atoms with van der Waals surface area (Å²) in [5.41, 5.74) is 4.46. The Morgan fingerprint density at radius 1 is 1.07 bits per heavy atom. The van der Waals surface area contributed by atoms with Gasteiger partial charge >= 0.3 is 0 Å². The van der Waals surface area contributed by atoms with Crippen LogP contribution in [0.1, 0.15) is 43.9 Å². The maximum atomic E-state index is 13.0. The fraction of sp³-hybridized carbons (Fsp3) is 0.290. The van der Waals surface area contributed by atoms with Gasteiger partial charge < -0.3 is 19.5 Å². The summed E-state index contributed by atoms with van der Waals surface area (Å²) in [5, 5.41) is 16.9. The first-order chi connectivity index (χ1) is 20.5. The van der Waals surface area contributed by atoms with Crippen molar-refractivity contribution in [3.05, 3.63) is 84.9 Å². The lowest BCUT2D eigenvalue weighted by Crippen LogP contribution is -2.49. The Hall–Kier alpha value is -3.53. The van der Waals surface area contributed by atoms with Gasteiger partial charge in [-0.15, -0.1) is 0 Å². The van der Waals surface area contributed by atoms with Crippen molar-refractivity contribution in [1.29, 1.82) is 5.26 Å². The van der Waals surface area contributed by atoms with Crippen molar-refractivity contribution >= 4 is 63.8 Å². The zero-order valence-corrected chi connectivity index (χ0v) is 27.7. The predicted molar refractivity (Wildman–Crippen MR) is 175 cm³/mol. The molecule has 0 radical (unpaired) electrons. The largest absolute Gasteiger partial charge is 0.493 e. The summed E-state index contributed by atoms with van der Waals surface area (Å²) in [4.78, 5) is 25.9. The molecule has 0 aliphatic rings. The molecule has 12 heteroatoms. The molecule has 0 heterocycles. The van der Waals surface area contributed by atoms with Gasteiger partial charge in [-0.3, -0.25) is 9.59 Å². The number of rotatable bonds is 13. The molecule has 2 N–H and O–H groups in total. The molecule has 0 aromatic heterocycles. The van der Waals surface area contributed by atoms with Crippen LogP contribution in [0, 0.1) is 20.8 Å². The van der Waals surface area contributed by atoms with Gasteiger partial charge in [0.15, 0.2) is 17.6 Å². The van der Waals surface area contributed by atoms with E-state index in [-0.39, 0.29) is 17.5 Å². The van der Waals surface area contributed by atoms with Crippen LogP contribution >= 0.6 is 45.8 Å². The molecule has 2 atom stereocenters. The molecule has 3 rings (SSSR count). The van der Waals surface area contributed by atoms with Crippen molar-refractivity contribution in [3.63, 3.8) is 0 Å². The molecule has 0 saturated heterocycles. The van der Waals surface area contributed by atoms with E-state index >= 15 is 0 Å². The smallest absolute Gasteiger partial charge is 0.262 e. The lowest BCUT2D eigenvalue weighted by atomic mass is 10.0. The number of ether oxygens (including phenoxy) is 3. The first kappa shape index (κ1) is 34.0. The standard InChI is InChI=1S/C31H31Cl2IN4O5/c1-18(2)11-26(37-30(39)19(3)43-27-10-9-23(32)14-24(27)33)31(40)38-36-16-20-12-25(34)29(28(13-20)41-4)42-17-22-8-6-5-7-21(22)15-35/h5-10,12-14,16,18-19,26H,11,17H2,1-4H3,(H,37,39)(H,38,40)/b36-16-/t19-,26+/m1/s1. The average molecular weight is 737 g/mol. The van der Waals surface area contributed by atoms with Crippen molar-refractivity contribution in [1.82, 2.24) is 10.7 Å². The molecular formula is C31H31Cl2IN4O5. The Bertz CT molecular complexity index is 1530. The molecule has 0 spiro atoms. The van der Waals surface area contributed by atoms with Crippen LogP contribution in [-0.4, -0.2) is 37.3 Å². The molecule has 43 heavy (non-hydrogen) atoms. The average Bonchev–Trinajstić information content (AvgIpc) is 2.97. The normalized spacial score (nSPS) is 12.3. The Morgan fingerprint density at radius 3 is 2.49 bits per heavy atom. The summed E-state index contributed by atoms with van der Waals surface area (Å²) in [7, 11) is 1.52. The third-order valence-electron chi connectivity index (χ3n) is 6.06. The summed E-state index contributed by atoms with van der Waals surface area (Å²) in [5.74, 6) is 0.440. The SMILES string of the molecule is COc1cc(/C=N\NC(=O)[C@H](CC(C)C)NC(=O)[C@@H](C)Oc2ccc(Cl)cc2Cl)cc(I)c1OCc1ccccc1C#N. The first-order valence-electron chi connectivity index (χ1n) is 13.3. The van der Waals surface area contributed by atoms with Crippen molar-refractivity contribution in [3.8, 4) is 23.3 Å². The molecule has 2 amide bonds. The van der Waals surface area contributed by atoms with E-state index in [0.717, 1.165) is 9.13 Å². The number of hydrazone groups is 1. The van der Waals surface area contributed by atoms with Crippen molar-refractivity contribution < 1.29 is 23.8 Å². The van der Waals surface area contributed by atoms with Gasteiger partial charge in [0.2, 0.25) is 0 Å². The molecule has 0 saturated carbocycles. The number of amides is 2. The van der Waals surface area contributed by atoms with E-state index in [0.29, 0.717) is 39.8 Å². The molecule has 9 nitrogen and oxygen atoms in total. The Kier molecular flexibility index (Phi) is 12.9. The van der Waals surface area contributed by atoms with Gasteiger partial charge in [0, 0.05) is 10.6 Å². The molecule has 0 unspecified atom stereocenters. The highest BCUT2D eigenvalue weighted by Crippen LogP contribution is 2.34. The van der Waals surface area contributed by atoms with E-state index < -0.39 is 24.0 Å². The molecule has 0 aliphatic heterocycles. The number of benzene rings is 3. The monoisotopic (exact) mass is 736 g/mol. The van der Waals surface area contributed by atoms with Gasteiger partial charge in [-0.25, -0.2) is 5.43 Å². The predicted octanol–water partition coefficient (Wildman–Crippen LogP) is 6.51. The number of nitrogens with one attached hydrogen (secondary N) is 2. The number of hydrogen-bond donors (Lipinski definition) is 2. The Labute approximate surface area is 274 Å². The number of nitriles is 1. The van der Waals surface area contributed by atoms with Gasteiger partial charge in [0.1, 0.15) is 18.4 Å². The fourth-order valence-corrected chi connectivity index (χ4v) is 5.15. The van der Waals surface area contributed by atoms with Gasteiger partial charge in [-0.1, -0.05) is 55.2 Å². The van der Waals surface area contributed by atoms with E-state index in [9.17, 15) is 14.9 Å². The highest BCUT2D eigenvalue weighted by atomic mass is 127. The van der Waals surface area contributed by atoms with Crippen LogP contribution in [0.4, 0.5) is 0 Å². The molecule has 3 aromatic rings. The van der Waals surface area contributed by atoms with Crippen LogP contribution in [0.3, 0.4) is 0 Å². The van der Waals surface area contributed by atoms with Gasteiger partial charge in [0.25, 0.3) is 11.8 Å².